The molecule has 3 N–H and O–H groups in total. The molecule has 152 valence electrons. The van der Waals surface area contributed by atoms with Crippen molar-refractivity contribution in [2.45, 2.75) is 44.7 Å². The van der Waals surface area contributed by atoms with Crippen LogP contribution in [-0.4, -0.2) is 26.0 Å². The molecule has 0 radical (unpaired) electrons. The molecule has 3 aromatic rings. The Hall–Kier alpha value is -3.00. The van der Waals surface area contributed by atoms with Gasteiger partial charge in [0.1, 0.15) is 12.4 Å². The minimum Gasteiger partial charge on any atom is -0.486 e. The van der Waals surface area contributed by atoms with Gasteiger partial charge in [0.25, 0.3) is 0 Å². The lowest BCUT2D eigenvalue weighted by Gasteiger charge is -2.16. The number of thioether (sulfide) groups is 1. The van der Waals surface area contributed by atoms with E-state index in [0.29, 0.717) is 11.0 Å². The van der Waals surface area contributed by atoms with E-state index in [0.717, 1.165) is 22.6 Å². The third kappa shape index (κ3) is 5.08. The van der Waals surface area contributed by atoms with Crippen molar-refractivity contribution in [3.05, 3.63) is 65.0 Å². The van der Waals surface area contributed by atoms with Crippen molar-refractivity contribution in [3.63, 3.8) is 0 Å². The lowest BCUT2D eigenvalue weighted by atomic mass is 10.1. The number of amides is 1. The first-order valence-corrected chi connectivity index (χ1v) is 10.2. The third-order valence-corrected chi connectivity index (χ3v) is 5.48. The zero-order valence-electron chi connectivity index (χ0n) is 17.0. The van der Waals surface area contributed by atoms with Crippen LogP contribution in [0.4, 0.5) is 5.69 Å². The molecule has 3 rings (SSSR count). The fourth-order valence-corrected chi connectivity index (χ4v) is 3.75. The third-order valence-electron chi connectivity index (χ3n) is 4.42. The number of carbonyl (C=O) groups excluding carboxylic acids is 1. The number of ether oxygens (including phenoxy) is 1. The molecule has 1 amide bonds. The molecule has 29 heavy (non-hydrogen) atoms. The summed E-state index contributed by atoms with van der Waals surface area (Å²) in [5.74, 6) is 7.18. The van der Waals surface area contributed by atoms with E-state index >= 15 is 0 Å². The molecule has 1 atom stereocenters. The summed E-state index contributed by atoms with van der Waals surface area (Å²) in [6.07, 6.45) is 0. The fraction of sp³-hybridized carbons (Fsp3) is 0.286. The van der Waals surface area contributed by atoms with E-state index in [2.05, 4.69) is 27.6 Å². The van der Waals surface area contributed by atoms with Crippen LogP contribution in [0, 0.1) is 20.8 Å². The summed E-state index contributed by atoms with van der Waals surface area (Å²) < 4.78 is 7.02. The second kappa shape index (κ2) is 9.00. The molecule has 0 saturated heterocycles. The number of hydrogen-bond donors (Lipinski definition) is 2. The summed E-state index contributed by atoms with van der Waals surface area (Å²) in [6, 6.07) is 13.5. The summed E-state index contributed by atoms with van der Waals surface area (Å²) in [5.41, 5.74) is 4.09. The second-order valence-electron chi connectivity index (χ2n) is 6.89. The summed E-state index contributed by atoms with van der Waals surface area (Å²) in [6.45, 7) is 8.02. The Morgan fingerprint density at radius 3 is 2.48 bits per heavy atom. The monoisotopic (exact) mass is 411 g/mol. The molecule has 1 aromatic heterocycles. The summed E-state index contributed by atoms with van der Waals surface area (Å²) in [4.78, 5) is 12.7. The van der Waals surface area contributed by atoms with Crippen LogP contribution in [0.5, 0.6) is 5.75 Å². The maximum atomic E-state index is 12.7. The van der Waals surface area contributed by atoms with E-state index in [9.17, 15) is 4.79 Å². The first kappa shape index (κ1) is 20.7. The number of nitrogen functional groups attached to an aromatic ring is 1. The van der Waals surface area contributed by atoms with Crippen molar-refractivity contribution in [1.82, 2.24) is 14.9 Å². The average Bonchev–Trinajstić information content (AvgIpc) is 3.03. The number of nitrogens with two attached hydrogens (primary N) is 1. The average molecular weight is 412 g/mol. The zero-order chi connectivity index (χ0) is 21.0. The highest BCUT2D eigenvalue weighted by Crippen LogP contribution is 2.26. The second-order valence-corrected chi connectivity index (χ2v) is 8.20. The number of aryl methyl sites for hydroxylation is 3. The van der Waals surface area contributed by atoms with Crippen LogP contribution in [0.1, 0.15) is 29.4 Å². The minimum absolute atomic E-state index is 0.116. The Bertz CT molecular complexity index is 981. The SMILES string of the molecule is Cc1cc(C)c(NC(=O)C(C)Sc2nnc(COc3ccccc3)n2N)c(C)c1. The largest absolute Gasteiger partial charge is 0.486 e. The van der Waals surface area contributed by atoms with Gasteiger partial charge in [-0.05, 0) is 51.0 Å². The van der Waals surface area contributed by atoms with Crippen molar-refractivity contribution in [3.8, 4) is 5.75 Å². The van der Waals surface area contributed by atoms with Crippen LogP contribution in [-0.2, 0) is 11.4 Å². The van der Waals surface area contributed by atoms with Gasteiger partial charge in [-0.1, -0.05) is 47.7 Å². The van der Waals surface area contributed by atoms with E-state index in [1.165, 1.54) is 22.0 Å². The predicted octanol–water partition coefficient (Wildman–Crippen LogP) is 3.62. The Kier molecular flexibility index (Phi) is 6.43. The maximum Gasteiger partial charge on any atom is 0.237 e. The quantitative estimate of drug-likeness (QED) is 0.455. The molecule has 1 unspecified atom stereocenters. The van der Waals surface area contributed by atoms with Gasteiger partial charge < -0.3 is 15.9 Å². The first-order valence-electron chi connectivity index (χ1n) is 9.27. The zero-order valence-corrected chi connectivity index (χ0v) is 17.8. The topological polar surface area (TPSA) is 95.1 Å². The number of nitrogens with one attached hydrogen (secondary N) is 1. The highest BCUT2D eigenvalue weighted by molar-refractivity contribution is 8.00. The van der Waals surface area contributed by atoms with Crippen molar-refractivity contribution in [2.24, 2.45) is 0 Å². The Labute approximate surface area is 174 Å². The number of anilines is 1. The predicted molar refractivity (Wildman–Crippen MR) is 116 cm³/mol. The molecule has 0 aliphatic heterocycles. The number of rotatable bonds is 7. The number of hydrogen-bond acceptors (Lipinski definition) is 6. The number of carbonyl (C=O) groups is 1. The molecular weight excluding hydrogens is 386 g/mol. The van der Waals surface area contributed by atoms with E-state index < -0.39 is 5.25 Å². The standard InChI is InChI=1S/C21H25N5O2S/c1-13-10-14(2)19(15(3)11-13)23-20(27)16(4)29-21-25-24-18(26(21)22)12-28-17-8-6-5-7-9-17/h5-11,16H,12,22H2,1-4H3,(H,23,27). The van der Waals surface area contributed by atoms with E-state index in [-0.39, 0.29) is 12.5 Å². The highest BCUT2D eigenvalue weighted by Gasteiger charge is 2.20. The lowest BCUT2D eigenvalue weighted by Crippen LogP contribution is -2.24. The van der Waals surface area contributed by atoms with Crippen LogP contribution in [0.3, 0.4) is 0 Å². The first-order chi connectivity index (χ1) is 13.8. The van der Waals surface area contributed by atoms with Crippen molar-refractivity contribution >= 4 is 23.4 Å². The molecule has 7 nitrogen and oxygen atoms in total. The van der Waals surface area contributed by atoms with Gasteiger partial charge in [0.2, 0.25) is 11.1 Å². The Morgan fingerprint density at radius 2 is 1.83 bits per heavy atom. The molecule has 0 fully saturated rings. The molecule has 0 aliphatic rings. The van der Waals surface area contributed by atoms with Crippen LogP contribution in [0.25, 0.3) is 0 Å². The van der Waals surface area contributed by atoms with E-state index in [4.69, 9.17) is 10.6 Å². The molecule has 1 heterocycles. The molecular formula is C21H25N5O2S. The van der Waals surface area contributed by atoms with Crippen LogP contribution in [0.2, 0.25) is 0 Å². The minimum atomic E-state index is -0.399. The van der Waals surface area contributed by atoms with Crippen molar-refractivity contribution in [1.29, 1.82) is 0 Å². The van der Waals surface area contributed by atoms with Gasteiger partial charge in [-0.25, -0.2) is 4.68 Å². The van der Waals surface area contributed by atoms with Gasteiger partial charge in [-0.15, -0.1) is 10.2 Å². The lowest BCUT2D eigenvalue weighted by molar-refractivity contribution is -0.115. The molecule has 0 saturated carbocycles. The van der Waals surface area contributed by atoms with E-state index in [1.807, 2.05) is 58.0 Å². The van der Waals surface area contributed by atoms with E-state index in [1.54, 1.807) is 0 Å². The van der Waals surface area contributed by atoms with Crippen LogP contribution in [0.15, 0.2) is 47.6 Å². The normalized spacial score (nSPS) is 11.9. The van der Waals surface area contributed by atoms with Gasteiger partial charge in [0, 0.05) is 5.69 Å². The van der Waals surface area contributed by atoms with Gasteiger partial charge in [-0.2, -0.15) is 0 Å². The summed E-state index contributed by atoms with van der Waals surface area (Å²) in [7, 11) is 0. The van der Waals surface area contributed by atoms with Gasteiger partial charge in [0.15, 0.2) is 5.82 Å². The maximum absolute atomic E-state index is 12.7. The molecule has 2 aromatic carbocycles. The smallest absolute Gasteiger partial charge is 0.237 e. The van der Waals surface area contributed by atoms with Crippen molar-refractivity contribution < 1.29 is 9.53 Å². The molecule has 0 spiro atoms. The Balaban J connectivity index is 1.62. The fourth-order valence-electron chi connectivity index (χ4n) is 2.96. The van der Waals surface area contributed by atoms with Gasteiger partial charge >= 0.3 is 0 Å². The highest BCUT2D eigenvalue weighted by atomic mass is 32.2. The van der Waals surface area contributed by atoms with Crippen LogP contribution >= 0.6 is 11.8 Å². The molecule has 8 heteroatoms. The summed E-state index contributed by atoms with van der Waals surface area (Å²) in [5, 5.41) is 11.2. The number of nitrogens with zero attached hydrogens (tertiary/aromatic N) is 3. The van der Waals surface area contributed by atoms with Gasteiger partial charge in [-0.3, -0.25) is 4.79 Å². The summed E-state index contributed by atoms with van der Waals surface area (Å²) >= 11 is 1.25. The number of benzene rings is 2. The number of aromatic nitrogens is 3. The van der Waals surface area contributed by atoms with Crippen molar-refractivity contribution in [2.75, 3.05) is 11.2 Å². The Morgan fingerprint density at radius 1 is 1.17 bits per heavy atom. The number of para-hydroxylation sites is 1. The van der Waals surface area contributed by atoms with Crippen LogP contribution < -0.4 is 15.9 Å². The van der Waals surface area contributed by atoms with Gasteiger partial charge in [0.05, 0.1) is 5.25 Å². The molecule has 0 aliphatic carbocycles. The molecule has 0 bridgehead atoms.